The number of phenols is 1. The molecule has 1 aliphatic rings. The molecule has 0 bridgehead atoms. The summed E-state index contributed by atoms with van der Waals surface area (Å²) in [5.41, 5.74) is 0.420. The summed E-state index contributed by atoms with van der Waals surface area (Å²) in [6.45, 7) is 2.90. The van der Waals surface area contributed by atoms with E-state index >= 15 is 0 Å². The van der Waals surface area contributed by atoms with Crippen molar-refractivity contribution in [3.8, 4) is 5.75 Å². The first-order chi connectivity index (χ1) is 9.70. The van der Waals surface area contributed by atoms with Gasteiger partial charge in [-0.05, 0) is 42.2 Å². The van der Waals surface area contributed by atoms with Crippen molar-refractivity contribution in [3.63, 3.8) is 0 Å². The zero-order valence-corrected chi connectivity index (χ0v) is 11.7. The molecular weight excluding hydrogens is 250 g/mol. The van der Waals surface area contributed by atoms with Crippen molar-refractivity contribution >= 4 is 16.7 Å². The Morgan fingerprint density at radius 2 is 2.00 bits per heavy atom. The van der Waals surface area contributed by atoms with Gasteiger partial charge in [0.05, 0.1) is 5.56 Å². The third kappa shape index (κ3) is 2.13. The van der Waals surface area contributed by atoms with E-state index in [4.69, 9.17) is 0 Å². The number of benzene rings is 2. The van der Waals surface area contributed by atoms with E-state index in [1.54, 1.807) is 12.1 Å². The average Bonchev–Trinajstić information content (AvgIpc) is 2.94. The van der Waals surface area contributed by atoms with Crippen LogP contribution >= 0.6 is 0 Å². The third-order valence-corrected chi connectivity index (χ3v) is 4.20. The number of likely N-dealkylation sites (tertiary alicyclic amines) is 1. The summed E-state index contributed by atoms with van der Waals surface area (Å²) in [4.78, 5) is 14.6. The molecule has 20 heavy (non-hydrogen) atoms. The highest BCUT2D eigenvalue weighted by molar-refractivity contribution is 6.01. The predicted molar refractivity (Wildman–Crippen MR) is 80.0 cm³/mol. The maximum atomic E-state index is 12.6. The first-order valence-electron chi connectivity index (χ1n) is 7.23. The summed E-state index contributed by atoms with van der Waals surface area (Å²) in [6, 6.07) is 11.6. The summed E-state index contributed by atoms with van der Waals surface area (Å²) < 4.78 is 0. The Morgan fingerprint density at radius 3 is 2.70 bits per heavy atom. The highest BCUT2D eigenvalue weighted by atomic mass is 16.3. The Balaban J connectivity index is 2.01. The van der Waals surface area contributed by atoms with Crippen molar-refractivity contribution in [2.45, 2.75) is 32.2 Å². The summed E-state index contributed by atoms with van der Waals surface area (Å²) in [5.74, 6) is 0.0352. The molecule has 0 spiro atoms. The second kappa shape index (κ2) is 5.16. The second-order valence-corrected chi connectivity index (χ2v) is 5.42. The normalized spacial score (nSPS) is 18.6. The van der Waals surface area contributed by atoms with Crippen LogP contribution in [0.25, 0.3) is 10.8 Å². The number of hydrogen-bond acceptors (Lipinski definition) is 2. The monoisotopic (exact) mass is 269 g/mol. The molecule has 3 heteroatoms. The maximum absolute atomic E-state index is 12.6. The SMILES string of the molecule is CCC1CCCN1C(=O)c1cc2ccccc2cc1O. The topological polar surface area (TPSA) is 40.5 Å². The van der Waals surface area contributed by atoms with Gasteiger partial charge in [-0.1, -0.05) is 31.2 Å². The predicted octanol–water partition coefficient (Wildman–Crippen LogP) is 3.56. The van der Waals surface area contributed by atoms with Gasteiger partial charge in [0.25, 0.3) is 5.91 Å². The largest absolute Gasteiger partial charge is 0.507 e. The molecule has 1 heterocycles. The number of carbonyl (C=O) groups is 1. The third-order valence-electron chi connectivity index (χ3n) is 4.20. The molecule has 1 N–H and O–H groups in total. The molecule has 0 radical (unpaired) electrons. The van der Waals surface area contributed by atoms with E-state index in [1.165, 1.54) is 0 Å². The summed E-state index contributed by atoms with van der Waals surface area (Å²) in [7, 11) is 0. The lowest BCUT2D eigenvalue weighted by atomic mass is 10.0. The van der Waals surface area contributed by atoms with Gasteiger partial charge in [0.1, 0.15) is 5.75 Å². The van der Waals surface area contributed by atoms with Crippen molar-refractivity contribution in [2.75, 3.05) is 6.54 Å². The minimum absolute atomic E-state index is 0.0439. The second-order valence-electron chi connectivity index (χ2n) is 5.42. The molecule has 2 aromatic carbocycles. The van der Waals surface area contributed by atoms with Gasteiger partial charge in [-0.3, -0.25) is 4.79 Å². The molecule has 1 atom stereocenters. The van der Waals surface area contributed by atoms with Crippen molar-refractivity contribution < 1.29 is 9.90 Å². The lowest BCUT2D eigenvalue weighted by Gasteiger charge is -2.24. The first-order valence-corrected chi connectivity index (χ1v) is 7.23. The van der Waals surface area contributed by atoms with Crippen molar-refractivity contribution in [1.29, 1.82) is 0 Å². The fourth-order valence-electron chi connectivity index (χ4n) is 3.08. The Morgan fingerprint density at radius 1 is 1.30 bits per heavy atom. The number of carbonyl (C=O) groups excluding carboxylic acids is 1. The molecule has 3 nitrogen and oxygen atoms in total. The Labute approximate surface area is 118 Å². The van der Waals surface area contributed by atoms with E-state index in [9.17, 15) is 9.90 Å². The smallest absolute Gasteiger partial charge is 0.257 e. The molecule has 104 valence electrons. The van der Waals surface area contributed by atoms with Crippen molar-refractivity contribution in [3.05, 3.63) is 42.0 Å². The van der Waals surface area contributed by atoms with E-state index < -0.39 is 0 Å². The Bertz CT molecular complexity index is 650. The number of amides is 1. The van der Waals surface area contributed by atoms with Gasteiger partial charge in [0.2, 0.25) is 0 Å². The molecule has 1 amide bonds. The highest BCUT2D eigenvalue weighted by Gasteiger charge is 2.29. The fraction of sp³-hybridized carbons (Fsp3) is 0.353. The number of fused-ring (bicyclic) bond motifs is 1. The zero-order chi connectivity index (χ0) is 14.1. The van der Waals surface area contributed by atoms with Crippen LogP contribution in [-0.2, 0) is 0 Å². The van der Waals surface area contributed by atoms with Gasteiger partial charge in [-0.25, -0.2) is 0 Å². The number of nitrogens with zero attached hydrogens (tertiary/aromatic N) is 1. The summed E-state index contributed by atoms with van der Waals surface area (Å²) in [6.07, 6.45) is 3.09. The molecule has 0 saturated carbocycles. The van der Waals surface area contributed by atoms with E-state index in [-0.39, 0.29) is 11.7 Å². The van der Waals surface area contributed by atoms with E-state index in [2.05, 4.69) is 6.92 Å². The zero-order valence-electron chi connectivity index (χ0n) is 11.7. The molecule has 2 aromatic rings. The van der Waals surface area contributed by atoms with Crippen LogP contribution < -0.4 is 0 Å². The van der Waals surface area contributed by atoms with Crippen LogP contribution in [0.2, 0.25) is 0 Å². The van der Waals surface area contributed by atoms with Crippen LogP contribution in [-0.4, -0.2) is 28.5 Å². The Hall–Kier alpha value is -2.03. The lowest BCUT2D eigenvalue weighted by Crippen LogP contribution is -2.35. The molecule has 1 aliphatic heterocycles. The van der Waals surface area contributed by atoms with E-state index in [1.807, 2.05) is 29.2 Å². The van der Waals surface area contributed by atoms with Gasteiger partial charge >= 0.3 is 0 Å². The minimum Gasteiger partial charge on any atom is -0.507 e. The van der Waals surface area contributed by atoms with Gasteiger partial charge in [0, 0.05) is 12.6 Å². The number of hydrogen-bond donors (Lipinski definition) is 1. The minimum atomic E-state index is -0.0439. The van der Waals surface area contributed by atoms with Crippen LogP contribution in [0, 0.1) is 0 Å². The van der Waals surface area contributed by atoms with Gasteiger partial charge < -0.3 is 10.0 Å². The van der Waals surface area contributed by atoms with E-state index in [0.717, 1.165) is 36.6 Å². The van der Waals surface area contributed by atoms with Gasteiger partial charge in [0.15, 0.2) is 0 Å². The quantitative estimate of drug-likeness (QED) is 0.905. The first kappa shape index (κ1) is 13.0. The molecule has 1 fully saturated rings. The van der Waals surface area contributed by atoms with Gasteiger partial charge in [-0.2, -0.15) is 0 Å². The Kier molecular flexibility index (Phi) is 3.35. The fourth-order valence-corrected chi connectivity index (χ4v) is 3.08. The maximum Gasteiger partial charge on any atom is 0.257 e. The highest BCUT2D eigenvalue weighted by Crippen LogP contribution is 2.29. The molecular formula is C17H19NO2. The van der Waals surface area contributed by atoms with Crippen LogP contribution in [0.5, 0.6) is 5.75 Å². The van der Waals surface area contributed by atoms with Gasteiger partial charge in [-0.15, -0.1) is 0 Å². The standard InChI is InChI=1S/C17H19NO2/c1-2-14-8-5-9-18(14)17(20)15-10-12-6-3-4-7-13(12)11-16(15)19/h3-4,6-7,10-11,14,19H,2,5,8-9H2,1H3. The van der Waals surface area contributed by atoms with Crippen LogP contribution in [0.15, 0.2) is 36.4 Å². The average molecular weight is 269 g/mol. The van der Waals surface area contributed by atoms with Crippen LogP contribution in [0.4, 0.5) is 0 Å². The van der Waals surface area contributed by atoms with Crippen molar-refractivity contribution in [1.82, 2.24) is 4.90 Å². The van der Waals surface area contributed by atoms with Crippen LogP contribution in [0.1, 0.15) is 36.5 Å². The molecule has 0 aromatic heterocycles. The summed E-state index contributed by atoms with van der Waals surface area (Å²) >= 11 is 0. The number of aromatic hydroxyl groups is 1. The van der Waals surface area contributed by atoms with Crippen molar-refractivity contribution in [2.24, 2.45) is 0 Å². The van der Waals surface area contributed by atoms with Crippen LogP contribution in [0.3, 0.4) is 0 Å². The number of phenolic OH excluding ortho intramolecular Hbond substituents is 1. The summed E-state index contributed by atoms with van der Waals surface area (Å²) in [5, 5.41) is 12.1. The molecule has 0 aliphatic carbocycles. The van der Waals surface area contributed by atoms with E-state index in [0.29, 0.717) is 11.6 Å². The molecule has 1 saturated heterocycles. The molecule has 1 unspecified atom stereocenters. The molecule has 3 rings (SSSR count). The lowest BCUT2D eigenvalue weighted by molar-refractivity contribution is 0.0731. The number of rotatable bonds is 2.